The number of hydrogen-bond acceptors (Lipinski definition) is 3. The van der Waals surface area contributed by atoms with Crippen molar-refractivity contribution >= 4 is 6.03 Å². The van der Waals surface area contributed by atoms with Crippen molar-refractivity contribution in [2.24, 2.45) is 0 Å². The topological polar surface area (TPSA) is 72.8 Å². The van der Waals surface area contributed by atoms with Gasteiger partial charge in [-0.2, -0.15) is 0 Å². The summed E-state index contributed by atoms with van der Waals surface area (Å²) in [4.78, 5) is 13.2. The lowest BCUT2D eigenvalue weighted by molar-refractivity contribution is 0.158. The van der Waals surface area contributed by atoms with Crippen LogP contribution in [0.3, 0.4) is 0 Å². The second kappa shape index (κ2) is 7.68. The van der Waals surface area contributed by atoms with Crippen LogP contribution in [0.25, 0.3) is 0 Å². The van der Waals surface area contributed by atoms with Crippen LogP contribution >= 0.6 is 0 Å². The van der Waals surface area contributed by atoms with Gasteiger partial charge >= 0.3 is 6.03 Å². The number of aliphatic hydroxyl groups excluding tert-OH is 2. The average molecular weight is 252 g/mol. The highest BCUT2D eigenvalue weighted by atomic mass is 16.3. The molecule has 0 fully saturated rings. The van der Waals surface area contributed by atoms with Gasteiger partial charge in [-0.1, -0.05) is 24.3 Å². The van der Waals surface area contributed by atoms with E-state index in [1.807, 2.05) is 31.2 Å². The molecule has 0 spiro atoms. The van der Waals surface area contributed by atoms with Crippen LogP contribution in [0.4, 0.5) is 4.79 Å². The first-order valence-electron chi connectivity index (χ1n) is 5.98. The maximum atomic E-state index is 11.8. The number of carbonyl (C=O) groups is 1. The molecule has 0 aliphatic rings. The predicted octanol–water partition coefficient (Wildman–Crippen LogP) is 0.491. The van der Waals surface area contributed by atoms with Crippen LogP contribution in [0.5, 0.6) is 0 Å². The summed E-state index contributed by atoms with van der Waals surface area (Å²) in [5.41, 5.74) is 2.17. The number of urea groups is 1. The predicted molar refractivity (Wildman–Crippen MR) is 69.2 cm³/mol. The number of rotatable bonds is 6. The summed E-state index contributed by atoms with van der Waals surface area (Å²) in [5, 5.41) is 20.5. The van der Waals surface area contributed by atoms with E-state index < -0.39 is 0 Å². The first-order chi connectivity index (χ1) is 8.69. The largest absolute Gasteiger partial charge is 0.395 e. The summed E-state index contributed by atoms with van der Waals surface area (Å²) < 4.78 is 0. The van der Waals surface area contributed by atoms with Gasteiger partial charge in [-0.3, -0.25) is 0 Å². The molecule has 0 aliphatic carbocycles. The highest BCUT2D eigenvalue weighted by molar-refractivity contribution is 5.74. The molecule has 0 radical (unpaired) electrons. The van der Waals surface area contributed by atoms with Crippen LogP contribution in [0.15, 0.2) is 24.3 Å². The number of aliphatic hydroxyl groups is 2. The van der Waals surface area contributed by atoms with Gasteiger partial charge in [0.2, 0.25) is 0 Å². The summed E-state index contributed by atoms with van der Waals surface area (Å²) in [5.74, 6) is 0. The second-order valence-corrected chi connectivity index (χ2v) is 4.02. The molecule has 2 amide bonds. The summed E-state index contributed by atoms with van der Waals surface area (Å²) in [6.07, 6.45) is 0. The van der Waals surface area contributed by atoms with Gasteiger partial charge in [0.25, 0.3) is 0 Å². The van der Waals surface area contributed by atoms with Gasteiger partial charge in [-0.25, -0.2) is 4.79 Å². The molecule has 0 saturated heterocycles. The molecule has 0 bridgehead atoms. The van der Waals surface area contributed by atoms with Gasteiger partial charge in [0.15, 0.2) is 0 Å². The fourth-order valence-electron chi connectivity index (χ4n) is 1.65. The van der Waals surface area contributed by atoms with E-state index in [4.69, 9.17) is 10.2 Å². The third kappa shape index (κ3) is 4.35. The Morgan fingerprint density at radius 1 is 1.22 bits per heavy atom. The van der Waals surface area contributed by atoms with Gasteiger partial charge in [-0.15, -0.1) is 0 Å². The van der Waals surface area contributed by atoms with Crippen molar-refractivity contribution in [1.29, 1.82) is 0 Å². The Kier molecular flexibility index (Phi) is 6.18. The quantitative estimate of drug-likeness (QED) is 0.690. The lowest BCUT2D eigenvalue weighted by Crippen LogP contribution is -2.42. The third-order valence-electron chi connectivity index (χ3n) is 2.72. The fourth-order valence-corrected chi connectivity index (χ4v) is 1.65. The summed E-state index contributed by atoms with van der Waals surface area (Å²) in [6.45, 7) is 2.65. The number of nitrogens with one attached hydrogen (secondary N) is 1. The van der Waals surface area contributed by atoms with E-state index in [0.29, 0.717) is 6.54 Å². The van der Waals surface area contributed by atoms with Crippen LogP contribution < -0.4 is 5.32 Å². The van der Waals surface area contributed by atoms with Crippen molar-refractivity contribution in [3.63, 3.8) is 0 Å². The Bertz CT molecular complexity index is 376. The number of nitrogens with zero attached hydrogens (tertiary/aromatic N) is 1. The van der Waals surface area contributed by atoms with E-state index >= 15 is 0 Å². The van der Waals surface area contributed by atoms with E-state index in [1.165, 1.54) is 4.90 Å². The Morgan fingerprint density at radius 3 is 2.39 bits per heavy atom. The average Bonchev–Trinajstić information content (AvgIpc) is 2.37. The molecule has 5 heteroatoms. The molecule has 0 aliphatic heterocycles. The second-order valence-electron chi connectivity index (χ2n) is 4.02. The minimum absolute atomic E-state index is 0.113. The standard InChI is InChI=1S/C13H20N2O3/c1-11-4-2-3-5-12(11)10-14-13(18)15(6-8-16)7-9-17/h2-5,16-17H,6-10H2,1H3,(H,14,18). The van der Waals surface area contributed by atoms with E-state index in [2.05, 4.69) is 5.32 Å². The molecule has 0 heterocycles. The van der Waals surface area contributed by atoms with Crippen molar-refractivity contribution < 1.29 is 15.0 Å². The van der Waals surface area contributed by atoms with Gasteiger partial charge in [0, 0.05) is 19.6 Å². The minimum atomic E-state index is -0.277. The van der Waals surface area contributed by atoms with Crippen molar-refractivity contribution in [2.45, 2.75) is 13.5 Å². The molecule has 1 rings (SSSR count). The van der Waals surface area contributed by atoms with Crippen LogP contribution in [-0.2, 0) is 6.54 Å². The molecule has 0 saturated carbocycles. The zero-order chi connectivity index (χ0) is 13.4. The lowest BCUT2D eigenvalue weighted by atomic mass is 10.1. The summed E-state index contributed by atoms with van der Waals surface area (Å²) >= 11 is 0. The molecule has 1 aromatic rings. The maximum Gasteiger partial charge on any atom is 0.317 e. The molecule has 0 atom stereocenters. The molecule has 100 valence electrons. The highest BCUT2D eigenvalue weighted by Crippen LogP contribution is 2.06. The molecular weight excluding hydrogens is 232 g/mol. The molecule has 18 heavy (non-hydrogen) atoms. The maximum absolute atomic E-state index is 11.8. The first kappa shape index (κ1) is 14.5. The normalized spacial score (nSPS) is 10.2. The zero-order valence-corrected chi connectivity index (χ0v) is 10.6. The monoisotopic (exact) mass is 252 g/mol. The van der Waals surface area contributed by atoms with Gasteiger partial charge in [0.1, 0.15) is 0 Å². The van der Waals surface area contributed by atoms with Gasteiger partial charge in [0.05, 0.1) is 13.2 Å². The number of carbonyl (C=O) groups excluding carboxylic acids is 1. The van der Waals surface area contributed by atoms with Crippen molar-refractivity contribution in [3.8, 4) is 0 Å². The summed E-state index contributed by atoms with van der Waals surface area (Å²) in [7, 11) is 0. The Balaban J connectivity index is 2.51. The van der Waals surface area contributed by atoms with Crippen LogP contribution in [0.1, 0.15) is 11.1 Å². The third-order valence-corrected chi connectivity index (χ3v) is 2.72. The van der Waals surface area contributed by atoms with Crippen molar-refractivity contribution in [1.82, 2.24) is 10.2 Å². The zero-order valence-electron chi connectivity index (χ0n) is 10.6. The van der Waals surface area contributed by atoms with Crippen LogP contribution in [0.2, 0.25) is 0 Å². The van der Waals surface area contributed by atoms with E-state index in [0.717, 1.165) is 11.1 Å². The van der Waals surface area contributed by atoms with Gasteiger partial charge < -0.3 is 20.4 Å². The molecule has 3 N–H and O–H groups in total. The van der Waals surface area contributed by atoms with E-state index in [1.54, 1.807) is 0 Å². The Hall–Kier alpha value is -1.59. The van der Waals surface area contributed by atoms with Crippen LogP contribution in [0, 0.1) is 6.92 Å². The number of aryl methyl sites for hydroxylation is 1. The Morgan fingerprint density at radius 2 is 1.83 bits per heavy atom. The van der Waals surface area contributed by atoms with Gasteiger partial charge in [-0.05, 0) is 18.1 Å². The molecule has 0 aromatic heterocycles. The Labute approximate surface area is 107 Å². The summed E-state index contributed by atoms with van der Waals surface area (Å²) in [6, 6.07) is 7.54. The number of benzene rings is 1. The highest BCUT2D eigenvalue weighted by Gasteiger charge is 2.11. The van der Waals surface area contributed by atoms with E-state index in [9.17, 15) is 4.79 Å². The fraction of sp³-hybridized carbons (Fsp3) is 0.462. The first-order valence-corrected chi connectivity index (χ1v) is 5.98. The molecule has 1 aromatic carbocycles. The van der Waals surface area contributed by atoms with E-state index in [-0.39, 0.29) is 32.3 Å². The molecule has 0 unspecified atom stereocenters. The SMILES string of the molecule is Cc1ccccc1CNC(=O)N(CCO)CCO. The number of hydrogen-bond donors (Lipinski definition) is 3. The molecular formula is C13H20N2O3. The van der Waals surface area contributed by atoms with Crippen molar-refractivity contribution in [2.75, 3.05) is 26.3 Å². The lowest BCUT2D eigenvalue weighted by Gasteiger charge is -2.21. The smallest absolute Gasteiger partial charge is 0.317 e. The molecule has 5 nitrogen and oxygen atoms in total. The number of amides is 2. The van der Waals surface area contributed by atoms with Crippen LogP contribution in [-0.4, -0.2) is 47.4 Å². The minimum Gasteiger partial charge on any atom is -0.395 e. The van der Waals surface area contributed by atoms with Crippen molar-refractivity contribution in [3.05, 3.63) is 35.4 Å².